The van der Waals surface area contributed by atoms with Gasteiger partial charge in [0.2, 0.25) is 26.0 Å². The van der Waals surface area contributed by atoms with E-state index in [1.165, 1.54) is 18.2 Å². The molecule has 0 aliphatic carbocycles. The van der Waals surface area contributed by atoms with Crippen molar-refractivity contribution in [3.63, 3.8) is 0 Å². The minimum Gasteiger partial charge on any atom is -0.341 e. The summed E-state index contributed by atoms with van der Waals surface area (Å²) in [5, 5.41) is -0.732. The Hall–Kier alpha value is -2.96. The molecule has 2 heterocycles. The van der Waals surface area contributed by atoms with Crippen LogP contribution in [0.4, 0.5) is 0 Å². The molecule has 192 valence electrons. The number of hydrogen-bond acceptors (Lipinski definition) is 6. The van der Waals surface area contributed by atoms with E-state index in [0.29, 0.717) is 22.5 Å². The smallest absolute Gasteiger partial charge is 0.242 e. The molecule has 37 heavy (non-hydrogen) atoms. The molecule has 1 saturated heterocycles. The highest BCUT2D eigenvalue weighted by Gasteiger charge is 2.37. The van der Waals surface area contributed by atoms with Crippen LogP contribution < -0.4 is 9.44 Å². The first-order valence-corrected chi connectivity index (χ1v) is 14.9. The first-order chi connectivity index (χ1) is 17.5. The van der Waals surface area contributed by atoms with E-state index in [1.54, 1.807) is 30.3 Å². The first kappa shape index (κ1) is 25.7. The summed E-state index contributed by atoms with van der Waals surface area (Å²) >= 11 is 12.2. The molecule has 2 unspecified atom stereocenters. The van der Waals surface area contributed by atoms with Gasteiger partial charge in [0.1, 0.15) is 16.0 Å². The summed E-state index contributed by atoms with van der Waals surface area (Å²) in [6.07, 6.45) is 0.0373. The number of fused-ring (bicyclic) bond motifs is 1. The van der Waals surface area contributed by atoms with Crippen LogP contribution in [0.15, 0.2) is 71.6 Å². The zero-order valence-corrected chi connectivity index (χ0v) is 22.1. The van der Waals surface area contributed by atoms with Gasteiger partial charge in [-0.15, -0.1) is 0 Å². The fraction of sp³-hybridized carbons (Fsp3) is 0.167. The Morgan fingerprint density at radius 3 is 2.46 bits per heavy atom. The lowest BCUT2D eigenvalue weighted by atomic mass is 10.0. The Morgan fingerprint density at radius 2 is 1.78 bits per heavy atom. The van der Waals surface area contributed by atoms with Crippen molar-refractivity contribution in [1.82, 2.24) is 19.4 Å². The standard InChI is InChI=1S/C24H20Cl2N4O5S2/c25-16-9-10-17(26)22(12-16)37(34,35)29-20(24-27-18-3-1-2-4-19(18)28-24)11-14-5-7-15(8-6-14)21-13-23(31)30-36(21,32)33/h1-10,12,20-21,29H,11,13H2,(H,27,28)(H,30,31). The number of aromatic nitrogens is 2. The quantitative estimate of drug-likeness (QED) is 0.302. The predicted molar refractivity (Wildman–Crippen MR) is 140 cm³/mol. The fourth-order valence-corrected chi connectivity index (χ4v) is 7.61. The molecular formula is C24H20Cl2N4O5S2. The third-order valence-corrected chi connectivity index (χ3v) is 9.90. The number of carbonyl (C=O) groups is 1. The number of rotatable bonds is 7. The van der Waals surface area contributed by atoms with Gasteiger partial charge in [-0.1, -0.05) is 59.6 Å². The summed E-state index contributed by atoms with van der Waals surface area (Å²) in [5.41, 5.74) is 2.58. The van der Waals surface area contributed by atoms with Gasteiger partial charge in [-0.2, -0.15) is 0 Å². The van der Waals surface area contributed by atoms with E-state index in [4.69, 9.17) is 23.2 Å². The molecule has 0 radical (unpaired) electrons. The van der Waals surface area contributed by atoms with Gasteiger partial charge in [0, 0.05) is 5.02 Å². The van der Waals surface area contributed by atoms with Gasteiger partial charge in [0.15, 0.2) is 0 Å². The van der Waals surface area contributed by atoms with Crippen molar-refractivity contribution in [2.75, 3.05) is 0 Å². The molecule has 2 atom stereocenters. The summed E-state index contributed by atoms with van der Waals surface area (Å²) in [5.74, 6) is -0.159. The lowest BCUT2D eigenvalue weighted by Crippen LogP contribution is -2.31. The lowest BCUT2D eigenvalue weighted by molar-refractivity contribution is -0.118. The van der Waals surface area contributed by atoms with Gasteiger partial charge in [0.05, 0.1) is 28.5 Å². The highest BCUT2D eigenvalue weighted by molar-refractivity contribution is 7.90. The highest BCUT2D eigenvalue weighted by Crippen LogP contribution is 2.31. The number of aromatic amines is 1. The second-order valence-electron chi connectivity index (χ2n) is 8.60. The Morgan fingerprint density at radius 1 is 1.05 bits per heavy atom. The number of amides is 1. The third kappa shape index (κ3) is 5.36. The van der Waals surface area contributed by atoms with Crippen LogP contribution in [-0.4, -0.2) is 32.7 Å². The molecule has 1 fully saturated rings. The van der Waals surface area contributed by atoms with Gasteiger partial charge in [-0.3, -0.25) is 9.52 Å². The molecule has 1 aliphatic rings. The van der Waals surface area contributed by atoms with E-state index in [-0.39, 0.29) is 27.8 Å². The van der Waals surface area contributed by atoms with Crippen LogP contribution in [0.3, 0.4) is 0 Å². The maximum absolute atomic E-state index is 13.3. The van der Waals surface area contributed by atoms with Crippen LogP contribution >= 0.6 is 23.2 Å². The monoisotopic (exact) mass is 578 g/mol. The molecule has 13 heteroatoms. The molecule has 1 aromatic heterocycles. The number of sulfonamides is 2. The molecule has 3 aromatic carbocycles. The highest BCUT2D eigenvalue weighted by atomic mass is 35.5. The van der Waals surface area contributed by atoms with Crippen molar-refractivity contribution in [3.8, 4) is 0 Å². The minimum absolute atomic E-state index is 0.0190. The van der Waals surface area contributed by atoms with Gasteiger partial charge in [0.25, 0.3) is 0 Å². The number of H-pyrrole nitrogens is 1. The summed E-state index contributed by atoms with van der Waals surface area (Å²) in [6.45, 7) is 0. The number of para-hydroxylation sites is 2. The molecular weight excluding hydrogens is 559 g/mol. The topological polar surface area (TPSA) is 138 Å². The lowest BCUT2D eigenvalue weighted by Gasteiger charge is -2.18. The van der Waals surface area contributed by atoms with Crippen LogP contribution in [0.25, 0.3) is 11.0 Å². The molecule has 9 nitrogen and oxygen atoms in total. The molecule has 0 bridgehead atoms. The van der Waals surface area contributed by atoms with Crippen LogP contribution in [-0.2, 0) is 31.3 Å². The Labute approximate surface area is 223 Å². The Balaban J connectivity index is 1.48. The molecule has 4 aromatic rings. The minimum atomic E-state index is -4.11. The van der Waals surface area contributed by atoms with Crippen molar-refractivity contribution in [2.45, 2.75) is 29.0 Å². The zero-order chi connectivity index (χ0) is 26.4. The number of benzene rings is 3. The van der Waals surface area contributed by atoms with Crippen LogP contribution in [0.2, 0.25) is 10.0 Å². The summed E-state index contributed by atoms with van der Waals surface area (Å²) < 4.78 is 55.7. The second-order valence-corrected chi connectivity index (χ2v) is 13.0. The third-order valence-electron chi connectivity index (χ3n) is 6.01. The molecule has 1 amide bonds. The summed E-state index contributed by atoms with van der Waals surface area (Å²) in [7, 11) is -7.89. The molecule has 1 aliphatic heterocycles. The average Bonchev–Trinajstić information content (AvgIpc) is 3.40. The van der Waals surface area contributed by atoms with Gasteiger partial charge < -0.3 is 4.98 Å². The SMILES string of the molecule is O=C1CC(c2ccc(CC(NS(=O)(=O)c3cc(Cl)ccc3Cl)c3nc4ccccc4[nH]3)cc2)S(=O)(=O)N1. The maximum atomic E-state index is 13.3. The number of nitrogens with zero attached hydrogens (tertiary/aromatic N) is 1. The van der Waals surface area contributed by atoms with Gasteiger partial charge in [-0.25, -0.2) is 26.5 Å². The summed E-state index contributed by atoms with van der Waals surface area (Å²) in [6, 6.07) is 17.3. The van der Waals surface area contributed by atoms with E-state index in [2.05, 4.69) is 14.7 Å². The van der Waals surface area contributed by atoms with Crippen molar-refractivity contribution >= 4 is 60.2 Å². The Bertz CT molecular complexity index is 1690. The van der Waals surface area contributed by atoms with E-state index in [0.717, 1.165) is 5.52 Å². The van der Waals surface area contributed by atoms with E-state index in [1.807, 2.05) is 22.9 Å². The van der Waals surface area contributed by atoms with Crippen LogP contribution in [0.1, 0.15) is 34.7 Å². The number of carbonyl (C=O) groups excluding carboxylic acids is 1. The van der Waals surface area contributed by atoms with E-state index >= 15 is 0 Å². The van der Waals surface area contributed by atoms with Gasteiger partial charge in [-0.05, 0) is 47.9 Å². The number of hydrogen-bond donors (Lipinski definition) is 3. The van der Waals surface area contributed by atoms with E-state index in [9.17, 15) is 21.6 Å². The first-order valence-electron chi connectivity index (χ1n) is 11.1. The van der Waals surface area contributed by atoms with Crippen molar-refractivity contribution in [3.05, 3.63) is 93.7 Å². The normalized spacial score (nSPS) is 18.1. The maximum Gasteiger partial charge on any atom is 0.242 e. The van der Waals surface area contributed by atoms with Crippen molar-refractivity contribution < 1.29 is 21.6 Å². The van der Waals surface area contributed by atoms with Crippen molar-refractivity contribution in [1.29, 1.82) is 0 Å². The largest absolute Gasteiger partial charge is 0.341 e. The summed E-state index contributed by atoms with van der Waals surface area (Å²) in [4.78, 5) is 19.2. The Kier molecular flexibility index (Phi) is 6.75. The molecule has 0 saturated carbocycles. The second kappa shape index (κ2) is 9.73. The number of nitrogens with one attached hydrogen (secondary N) is 3. The fourth-order valence-electron chi connectivity index (χ4n) is 4.22. The van der Waals surface area contributed by atoms with Crippen molar-refractivity contribution in [2.24, 2.45) is 0 Å². The molecule has 0 spiro atoms. The average molecular weight is 579 g/mol. The van der Waals surface area contributed by atoms with Crippen LogP contribution in [0, 0.1) is 0 Å². The van der Waals surface area contributed by atoms with E-state index < -0.39 is 37.2 Å². The number of imidazole rings is 1. The molecule has 5 rings (SSSR count). The van der Waals surface area contributed by atoms with Crippen LogP contribution in [0.5, 0.6) is 0 Å². The van der Waals surface area contributed by atoms with Gasteiger partial charge >= 0.3 is 0 Å². The predicted octanol–water partition coefficient (Wildman–Crippen LogP) is 4.02. The zero-order valence-electron chi connectivity index (χ0n) is 19.0. The number of halogens is 2. The molecule has 3 N–H and O–H groups in total.